The molecule has 6 heteroatoms. The van der Waals surface area contributed by atoms with Crippen LogP contribution in [0.4, 0.5) is 5.13 Å². The highest BCUT2D eigenvalue weighted by atomic mass is 35.5. The number of anilines is 1. The third kappa shape index (κ3) is 3.46. The van der Waals surface area contributed by atoms with Gasteiger partial charge in [-0.3, -0.25) is 0 Å². The van der Waals surface area contributed by atoms with Gasteiger partial charge in [-0.15, -0.1) is 11.3 Å². The zero-order chi connectivity index (χ0) is 9.84. The lowest BCUT2D eigenvalue weighted by atomic mass is 10.4. The normalized spacial score (nSPS) is 10.0. The zero-order valence-electron chi connectivity index (χ0n) is 7.16. The summed E-state index contributed by atoms with van der Waals surface area (Å²) in [6.07, 6.45) is 0.697. The Balaban J connectivity index is 2.48. The number of aromatic nitrogens is 1. The molecule has 0 radical (unpaired) electrons. The highest BCUT2D eigenvalue weighted by Crippen LogP contribution is 2.21. The highest BCUT2D eigenvalue weighted by Gasteiger charge is 2.05. The summed E-state index contributed by atoms with van der Waals surface area (Å²) in [7, 11) is 1.94. The molecule has 0 unspecified atom stereocenters. The van der Waals surface area contributed by atoms with Crippen LogP contribution in [-0.4, -0.2) is 23.6 Å². The summed E-state index contributed by atoms with van der Waals surface area (Å²) in [6, 6.07) is 0. The Morgan fingerprint density at radius 2 is 2.54 bits per heavy atom. The predicted octanol–water partition coefficient (Wildman–Crippen LogP) is 1.91. The fraction of sp³-hybridized carbons (Fsp3) is 0.429. The van der Waals surface area contributed by atoms with Crippen LogP contribution in [0.5, 0.6) is 0 Å². The Kier molecular flexibility index (Phi) is 3.90. The summed E-state index contributed by atoms with van der Waals surface area (Å²) in [4.78, 5) is 6.62. The maximum Gasteiger partial charge on any atom is 0.186 e. The van der Waals surface area contributed by atoms with Crippen LogP contribution in [0.2, 0.25) is 5.15 Å². The van der Waals surface area contributed by atoms with Crippen molar-refractivity contribution < 1.29 is 0 Å². The fourth-order valence-electron chi connectivity index (χ4n) is 0.794. The molecule has 1 heterocycles. The molecule has 0 fully saturated rings. The minimum absolute atomic E-state index is 0.523. The molecule has 0 atom stereocenters. The molecule has 72 valence electrons. The van der Waals surface area contributed by atoms with Crippen molar-refractivity contribution in [3.8, 4) is 0 Å². The molecule has 1 rings (SSSR count). The van der Waals surface area contributed by atoms with Gasteiger partial charge in [0, 0.05) is 25.4 Å². The molecule has 0 aliphatic heterocycles. The quantitative estimate of drug-likeness (QED) is 0.810. The van der Waals surface area contributed by atoms with Crippen molar-refractivity contribution >= 4 is 45.3 Å². The van der Waals surface area contributed by atoms with Crippen LogP contribution < -0.4 is 10.6 Å². The molecule has 0 saturated carbocycles. The molecule has 2 N–H and O–H groups in total. The van der Waals surface area contributed by atoms with Crippen molar-refractivity contribution in [2.24, 2.45) is 5.73 Å². The van der Waals surface area contributed by atoms with Gasteiger partial charge < -0.3 is 10.6 Å². The second-order valence-electron chi connectivity index (χ2n) is 2.59. The first-order valence-electron chi connectivity index (χ1n) is 3.70. The first-order chi connectivity index (χ1) is 6.09. The first-order valence-corrected chi connectivity index (χ1v) is 5.36. The van der Waals surface area contributed by atoms with E-state index in [-0.39, 0.29) is 0 Å². The predicted molar refractivity (Wildman–Crippen MR) is 61.8 cm³/mol. The van der Waals surface area contributed by atoms with Gasteiger partial charge in [0.2, 0.25) is 0 Å². The van der Waals surface area contributed by atoms with E-state index in [1.165, 1.54) is 11.3 Å². The van der Waals surface area contributed by atoms with Gasteiger partial charge in [-0.1, -0.05) is 23.8 Å². The number of nitrogens with two attached hydrogens (primary N) is 1. The van der Waals surface area contributed by atoms with Crippen LogP contribution in [0.15, 0.2) is 5.38 Å². The molecular formula is C7H10ClN3S2. The molecule has 0 aliphatic rings. The number of rotatable bonds is 4. The van der Waals surface area contributed by atoms with Gasteiger partial charge >= 0.3 is 0 Å². The summed E-state index contributed by atoms with van der Waals surface area (Å²) in [5.41, 5.74) is 5.39. The number of nitrogens with zero attached hydrogens (tertiary/aromatic N) is 2. The lowest BCUT2D eigenvalue weighted by molar-refractivity contribution is 0.914. The van der Waals surface area contributed by atoms with Gasteiger partial charge in [-0.2, -0.15) is 0 Å². The molecule has 1 aromatic heterocycles. The van der Waals surface area contributed by atoms with Crippen LogP contribution in [0, 0.1) is 0 Å². The second-order valence-corrected chi connectivity index (χ2v) is 4.34. The second kappa shape index (κ2) is 4.74. The molecule has 0 saturated heterocycles. The summed E-state index contributed by atoms with van der Waals surface area (Å²) < 4.78 is 0. The monoisotopic (exact) mass is 235 g/mol. The molecule has 0 spiro atoms. The molecule has 0 aliphatic carbocycles. The number of thiocarbonyl (C=S) groups is 1. The van der Waals surface area contributed by atoms with Gasteiger partial charge in [0.25, 0.3) is 0 Å². The minimum Gasteiger partial charge on any atom is -0.393 e. The van der Waals surface area contributed by atoms with Crippen LogP contribution >= 0.6 is 35.2 Å². The van der Waals surface area contributed by atoms with Crippen LogP contribution in [0.1, 0.15) is 6.42 Å². The SMILES string of the molecule is CN(CCC(N)=S)c1nc(Cl)cs1. The van der Waals surface area contributed by atoms with Gasteiger partial charge in [0.15, 0.2) is 5.13 Å². The standard InChI is InChI=1S/C7H10ClN3S2/c1-11(3-2-6(9)12)7-10-5(8)4-13-7/h4H,2-3H2,1H3,(H2,9,12). The maximum atomic E-state index is 5.69. The smallest absolute Gasteiger partial charge is 0.186 e. The topological polar surface area (TPSA) is 42.1 Å². The molecule has 0 aromatic carbocycles. The lowest BCUT2D eigenvalue weighted by Crippen LogP contribution is -2.22. The Bertz CT molecular complexity index is 300. The van der Waals surface area contributed by atoms with Gasteiger partial charge in [-0.25, -0.2) is 4.98 Å². The van der Waals surface area contributed by atoms with E-state index in [0.29, 0.717) is 16.6 Å². The first kappa shape index (κ1) is 10.7. The van der Waals surface area contributed by atoms with E-state index in [4.69, 9.17) is 29.6 Å². The average Bonchev–Trinajstić information content (AvgIpc) is 2.47. The summed E-state index contributed by atoms with van der Waals surface area (Å²) in [5.74, 6) is 0. The van der Waals surface area contributed by atoms with Crippen LogP contribution in [0.3, 0.4) is 0 Å². The third-order valence-electron chi connectivity index (χ3n) is 1.48. The van der Waals surface area contributed by atoms with Crippen LogP contribution in [0.25, 0.3) is 0 Å². The van der Waals surface area contributed by atoms with E-state index in [2.05, 4.69) is 4.98 Å². The van der Waals surface area contributed by atoms with Gasteiger partial charge in [0.05, 0.1) is 4.99 Å². The maximum absolute atomic E-state index is 5.69. The number of thiazole rings is 1. The molecule has 13 heavy (non-hydrogen) atoms. The molecule has 1 aromatic rings. The average molecular weight is 236 g/mol. The number of hydrogen-bond donors (Lipinski definition) is 1. The Hall–Kier alpha value is -0.390. The van der Waals surface area contributed by atoms with Crippen molar-refractivity contribution in [2.75, 3.05) is 18.5 Å². The molecule has 0 amide bonds. The summed E-state index contributed by atoms with van der Waals surface area (Å²) in [6.45, 7) is 0.777. The van der Waals surface area contributed by atoms with Crippen LogP contribution in [-0.2, 0) is 0 Å². The van der Waals surface area contributed by atoms with Crippen molar-refractivity contribution in [1.82, 2.24) is 4.98 Å². The lowest BCUT2D eigenvalue weighted by Gasteiger charge is -2.14. The number of halogens is 1. The largest absolute Gasteiger partial charge is 0.393 e. The van der Waals surface area contributed by atoms with E-state index < -0.39 is 0 Å². The fourth-order valence-corrected chi connectivity index (χ4v) is 1.83. The van der Waals surface area contributed by atoms with E-state index in [1.807, 2.05) is 11.9 Å². The minimum atomic E-state index is 0.523. The summed E-state index contributed by atoms with van der Waals surface area (Å²) >= 11 is 12.0. The zero-order valence-corrected chi connectivity index (χ0v) is 9.55. The van der Waals surface area contributed by atoms with E-state index >= 15 is 0 Å². The molecular weight excluding hydrogens is 226 g/mol. The summed E-state index contributed by atoms with van der Waals surface area (Å²) in [5, 5.41) is 3.22. The van der Waals surface area contributed by atoms with Crippen molar-refractivity contribution in [2.45, 2.75) is 6.42 Å². The highest BCUT2D eigenvalue weighted by molar-refractivity contribution is 7.80. The van der Waals surface area contributed by atoms with Gasteiger partial charge in [0.1, 0.15) is 5.15 Å². The van der Waals surface area contributed by atoms with E-state index in [1.54, 1.807) is 5.38 Å². The van der Waals surface area contributed by atoms with E-state index in [0.717, 1.165) is 11.7 Å². The molecule has 3 nitrogen and oxygen atoms in total. The van der Waals surface area contributed by atoms with Crippen molar-refractivity contribution in [1.29, 1.82) is 0 Å². The van der Waals surface area contributed by atoms with E-state index in [9.17, 15) is 0 Å². The van der Waals surface area contributed by atoms with Gasteiger partial charge in [-0.05, 0) is 0 Å². The Labute approximate surface area is 91.5 Å². The van der Waals surface area contributed by atoms with Crippen molar-refractivity contribution in [3.05, 3.63) is 10.5 Å². The number of hydrogen-bond acceptors (Lipinski definition) is 4. The third-order valence-corrected chi connectivity index (χ3v) is 2.97. The molecule has 0 bridgehead atoms. The van der Waals surface area contributed by atoms with Crippen molar-refractivity contribution in [3.63, 3.8) is 0 Å². The Morgan fingerprint density at radius 1 is 1.85 bits per heavy atom. The Morgan fingerprint density at radius 3 is 3.00 bits per heavy atom.